The molecule has 1 aromatic carbocycles. The summed E-state index contributed by atoms with van der Waals surface area (Å²) < 4.78 is 1.42. The minimum Gasteiger partial charge on any atom is -0.395 e. The van der Waals surface area contributed by atoms with E-state index in [1.807, 2.05) is 24.3 Å². The zero-order valence-corrected chi connectivity index (χ0v) is 23.5. The Labute approximate surface area is 234 Å². The predicted molar refractivity (Wildman–Crippen MR) is 153 cm³/mol. The number of carbonyl (C=O) groups is 2. The van der Waals surface area contributed by atoms with Gasteiger partial charge < -0.3 is 26.4 Å². The largest absolute Gasteiger partial charge is 0.395 e. The highest BCUT2D eigenvalue weighted by Crippen LogP contribution is 2.24. The van der Waals surface area contributed by atoms with Crippen LogP contribution in [0.2, 0.25) is 0 Å². The molecule has 2 aromatic rings. The number of amides is 3. The third kappa shape index (κ3) is 7.45. The molecule has 4 rings (SSSR count). The number of aliphatic hydroxyl groups is 1. The monoisotopic (exact) mass is 554 g/mol. The average molecular weight is 555 g/mol. The maximum Gasteiger partial charge on any atom is 0.354 e. The first-order chi connectivity index (χ1) is 19.0. The van der Waals surface area contributed by atoms with E-state index >= 15 is 0 Å². The van der Waals surface area contributed by atoms with Crippen LogP contribution in [0.5, 0.6) is 0 Å². The number of anilines is 1. The summed E-state index contributed by atoms with van der Waals surface area (Å²) in [5.74, 6) is 0.0130. The lowest BCUT2D eigenvalue weighted by Gasteiger charge is -2.37. The smallest absolute Gasteiger partial charge is 0.354 e. The molecule has 1 aliphatic carbocycles. The van der Waals surface area contributed by atoms with Crippen LogP contribution in [-0.2, 0) is 11.3 Å². The summed E-state index contributed by atoms with van der Waals surface area (Å²) in [5, 5.41) is 12.3. The van der Waals surface area contributed by atoms with Crippen molar-refractivity contribution in [3.63, 3.8) is 0 Å². The number of nitrogens with two attached hydrogens (primary N) is 2. The van der Waals surface area contributed by atoms with E-state index in [1.165, 1.54) is 4.57 Å². The molecule has 3 amide bonds. The van der Waals surface area contributed by atoms with Crippen molar-refractivity contribution in [3.8, 4) is 5.69 Å². The van der Waals surface area contributed by atoms with Crippen molar-refractivity contribution in [1.82, 2.24) is 24.3 Å². The van der Waals surface area contributed by atoms with E-state index in [0.717, 1.165) is 31.2 Å². The molecule has 0 bridgehead atoms. The molecule has 1 saturated heterocycles. The fraction of sp³-hybridized carbons (Fsp3) is 0.571. The van der Waals surface area contributed by atoms with Crippen LogP contribution in [0, 0.1) is 0 Å². The van der Waals surface area contributed by atoms with Crippen LogP contribution in [0.15, 0.2) is 41.3 Å². The van der Waals surface area contributed by atoms with Crippen molar-refractivity contribution in [2.75, 3.05) is 44.6 Å². The van der Waals surface area contributed by atoms with Crippen molar-refractivity contribution in [1.29, 1.82) is 0 Å². The molecule has 12 heteroatoms. The van der Waals surface area contributed by atoms with Gasteiger partial charge in [-0.15, -0.1) is 0 Å². The van der Waals surface area contributed by atoms with Gasteiger partial charge in [0.25, 0.3) is 0 Å². The summed E-state index contributed by atoms with van der Waals surface area (Å²) in [6.45, 7) is 6.27. The first-order valence-electron chi connectivity index (χ1n) is 14.0. The molecule has 1 aliphatic heterocycles. The Morgan fingerprint density at radius 2 is 1.68 bits per heavy atom. The van der Waals surface area contributed by atoms with Gasteiger partial charge in [-0.2, -0.15) is 4.98 Å². The van der Waals surface area contributed by atoms with Gasteiger partial charge in [0.2, 0.25) is 5.91 Å². The second-order valence-corrected chi connectivity index (χ2v) is 11.3. The van der Waals surface area contributed by atoms with E-state index in [1.54, 1.807) is 35.9 Å². The summed E-state index contributed by atoms with van der Waals surface area (Å²) in [5.41, 5.74) is 12.3. The van der Waals surface area contributed by atoms with Gasteiger partial charge in [-0.3, -0.25) is 19.6 Å². The lowest BCUT2D eigenvalue weighted by Crippen LogP contribution is -2.58. The number of aliphatic hydroxyl groups excluding tert-OH is 1. The quantitative estimate of drug-likeness (QED) is 0.371. The second-order valence-electron chi connectivity index (χ2n) is 11.3. The standard InChI is InChI=1S/C28H42N8O4/c1-28(2,30)25(38)33-13-15-34(16-14-33)26(39)31-24-11-12-36(27(40)32-24)23-7-3-20(4-8-23)19-35(17-18-37)22-9-5-21(29)6-10-22/h3-4,7-8,11-12,21-22,37H,5-6,9-10,13-19,29-30H2,1-2H3,(H,31,32,39,40). The van der Waals surface area contributed by atoms with Crippen molar-refractivity contribution >= 4 is 17.8 Å². The Bertz CT molecular complexity index is 1210. The summed E-state index contributed by atoms with van der Waals surface area (Å²) in [6.07, 6.45) is 5.66. The van der Waals surface area contributed by atoms with E-state index in [4.69, 9.17) is 11.5 Å². The van der Waals surface area contributed by atoms with Crippen LogP contribution in [0.25, 0.3) is 5.69 Å². The van der Waals surface area contributed by atoms with Gasteiger partial charge in [-0.05, 0) is 63.3 Å². The number of urea groups is 1. The minimum atomic E-state index is -0.955. The highest BCUT2D eigenvalue weighted by Gasteiger charge is 2.31. The zero-order chi connectivity index (χ0) is 28.9. The molecule has 0 spiro atoms. The second kappa shape index (κ2) is 12.9. The number of hydrogen-bond acceptors (Lipinski definition) is 8. The van der Waals surface area contributed by atoms with E-state index < -0.39 is 11.2 Å². The van der Waals surface area contributed by atoms with Crippen LogP contribution in [0.3, 0.4) is 0 Å². The van der Waals surface area contributed by atoms with Crippen LogP contribution >= 0.6 is 0 Å². The van der Waals surface area contributed by atoms with E-state index in [9.17, 15) is 19.5 Å². The first-order valence-corrected chi connectivity index (χ1v) is 14.0. The van der Waals surface area contributed by atoms with Crippen molar-refractivity contribution in [3.05, 3.63) is 52.6 Å². The lowest BCUT2D eigenvalue weighted by molar-refractivity contribution is -0.137. The summed E-state index contributed by atoms with van der Waals surface area (Å²) in [7, 11) is 0. The molecule has 2 aliphatic rings. The van der Waals surface area contributed by atoms with Gasteiger partial charge >= 0.3 is 11.7 Å². The molecule has 40 heavy (non-hydrogen) atoms. The summed E-state index contributed by atoms with van der Waals surface area (Å²) in [4.78, 5) is 47.5. The zero-order valence-electron chi connectivity index (χ0n) is 23.5. The first kappa shape index (κ1) is 29.7. The average Bonchev–Trinajstić information content (AvgIpc) is 2.93. The predicted octanol–water partition coefficient (Wildman–Crippen LogP) is 0.710. The maximum absolute atomic E-state index is 12.8. The Kier molecular flexibility index (Phi) is 9.56. The Morgan fingerprint density at radius 3 is 2.25 bits per heavy atom. The molecular weight excluding hydrogens is 512 g/mol. The number of benzene rings is 1. The number of rotatable bonds is 8. The summed E-state index contributed by atoms with van der Waals surface area (Å²) in [6, 6.07) is 9.59. The molecule has 0 unspecified atom stereocenters. The molecular formula is C28H42N8O4. The molecule has 0 radical (unpaired) electrons. The van der Waals surface area contributed by atoms with E-state index in [-0.39, 0.29) is 30.4 Å². The Morgan fingerprint density at radius 1 is 1.05 bits per heavy atom. The van der Waals surface area contributed by atoms with Crippen LogP contribution in [-0.4, -0.2) is 98.2 Å². The van der Waals surface area contributed by atoms with Gasteiger partial charge in [-0.25, -0.2) is 9.59 Å². The number of carbonyl (C=O) groups excluding carboxylic acids is 2. The normalized spacial score (nSPS) is 20.1. The lowest BCUT2D eigenvalue weighted by atomic mass is 9.90. The van der Waals surface area contributed by atoms with Crippen molar-refractivity contribution < 1.29 is 14.7 Å². The molecule has 0 atom stereocenters. The molecule has 6 N–H and O–H groups in total. The Balaban J connectivity index is 1.34. The molecule has 2 heterocycles. The number of nitrogens with one attached hydrogen (secondary N) is 1. The molecule has 1 saturated carbocycles. The SMILES string of the molecule is CC(C)(N)C(=O)N1CCN(C(=O)Nc2ccn(-c3ccc(CN(CCO)C4CCC(N)CC4)cc3)c(=O)n2)CC1. The minimum absolute atomic E-state index is 0.104. The fourth-order valence-corrected chi connectivity index (χ4v) is 5.36. The van der Waals surface area contributed by atoms with Gasteiger partial charge in [-0.1, -0.05) is 12.1 Å². The topological polar surface area (TPSA) is 163 Å². The molecule has 1 aromatic heterocycles. The Hall–Kier alpha value is -3.32. The number of aromatic nitrogens is 2. The fourth-order valence-electron chi connectivity index (χ4n) is 5.36. The van der Waals surface area contributed by atoms with Gasteiger partial charge in [0.15, 0.2) is 0 Å². The number of piperazine rings is 1. The molecule has 12 nitrogen and oxygen atoms in total. The van der Waals surface area contributed by atoms with Crippen LogP contribution in [0.1, 0.15) is 45.1 Å². The molecule has 2 fully saturated rings. The molecule has 218 valence electrons. The van der Waals surface area contributed by atoms with Crippen LogP contribution in [0.4, 0.5) is 10.6 Å². The van der Waals surface area contributed by atoms with E-state index in [0.29, 0.717) is 51.0 Å². The van der Waals surface area contributed by atoms with Gasteiger partial charge in [0.05, 0.1) is 17.8 Å². The van der Waals surface area contributed by atoms with Crippen LogP contribution < -0.4 is 22.5 Å². The van der Waals surface area contributed by atoms with Crippen molar-refractivity contribution in [2.45, 2.75) is 63.7 Å². The maximum atomic E-state index is 12.8. The third-order valence-corrected chi connectivity index (χ3v) is 7.69. The third-order valence-electron chi connectivity index (χ3n) is 7.69. The number of hydrogen-bond donors (Lipinski definition) is 4. The number of nitrogens with zero attached hydrogens (tertiary/aromatic N) is 5. The van der Waals surface area contributed by atoms with E-state index in [2.05, 4.69) is 15.2 Å². The summed E-state index contributed by atoms with van der Waals surface area (Å²) >= 11 is 0. The highest BCUT2D eigenvalue weighted by molar-refractivity contribution is 5.89. The van der Waals surface area contributed by atoms with Gasteiger partial charge in [0, 0.05) is 57.5 Å². The van der Waals surface area contributed by atoms with Gasteiger partial charge in [0.1, 0.15) is 5.82 Å². The van der Waals surface area contributed by atoms with Crippen molar-refractivity contribution in [2.24, 2.45) is 11.5 Å². The highest BCUT2D eigenvalue weighted by atomic mass is 16.3.